The Balaban J connectivity index is 1.64. The number of sulfone groups is 1. The van der Waals surface area contributed by atoms with E-state index < -0.39 is 21.2 Å². The Morgan fingerprint density at radius 2 is 1.88 bits per heavy atom. The molecule has 0 unspecified atom stereocenters. The highest BCUT2D eigenvalue weighted by molar-refractivity contribution is 7.91. The van der Waals surface area contributed by atoms with E-state index in [2.05, 4.69) is 20.2 Å². The topological polar surface area (TPSA) is 113 Å². The van der Waals surface area contributed by atoms with Crippen LogP contribution in [0.5, 0.6) is 0 Å². The molecule has 4 rings (SSSR count). The maximum atomic E-state index is 13.4. The molecule has 1 aliphatic rings. The van der Waals surface area contributed by atoms with Crippen LogP contribution in [-0.4, -0.2) is 44.5 Å². The Hall–Kier alpha value is -2.30. The lowest BCUT2D eigenvalue weighted by Crippen LogP contribution is -2.32. The molecule has 0 spiro atoms. The van der Waals surface area contributed by atoms with E-state index in [1.807, 2.05) is 37.5 Å². The van der Waals surface area contributed by atoms with E-state index in [9.17, 15) is 8.42 Å². The molecule has 0 radical (unpaired) electrons. The minimum Gasteiger partial charge on any atom is -0.458 e. The lowest BCUT2D eigenvalue weighted by molar-refractivity contribution is 0.00142. The SMILES string of the molecule is Cc1ccc(-c2nnc(CS(=O)(=O)[C@@H](C)[C@@H](OC(C)C)c3ncc(Cl)cn3)n2C2CC2)o1. The van der Waals surface area contributed by atoms with Crippen molar-refractivity contribution in [3.05, 3.63) is 47.0 Å². The van der Waals surface area contributed by atoms with Gasteiger partial charge >= 0.3 is 0 Å². The first-order valence-electron chi connectivity index (χ1n) is 10.5. The fourth-order valence-electron chi connectivity index (χ4n) is 3.50. The van der Waals surface area contributed by atoms with Crippen LogP contribution in [0.2, 0.25) is 5.02 Å². The molecule has 1 saturated carbocycles. The summed E-state index contributed by atoms with van der Waals surface area (Å²) in [4.78, 5) is 8.39. The number of hydrogen-bond acceptors (Lipinski definition) is 8. The monoisotopic (exact) mass is 479 g/mol. The molecule has 2 atom stereocenters. The maximum absolute atomic E-state index is 13.4. The van der Waals surface area contributed by atoms with Gasteiger partial charge in [-0.2, -0.15) is 0 Å². The summed E-state index contributed by atoms with van der Waals surface area (Å²) in [6.07, 6.45) is 3.70. The van der Waals surface area contributed by atoms with E-state index in [1.165, 1.54) is 12.4 Å². The summed E-state index contributed by atoms with van der Waals surface area (Å²) in [6.45, 7) is 7.13. The minimum atomic E-state index is -3.70. The predicted octanol–water partition coefficient (Wildman–Crippen LogP) is 4.09. The highest BCUT2D eigenvalue weighted by atomic mass is 35.5. The molecule has 0 N–H and O–H groups in total. The first kappa shape index (κ1) is 22.9. The van der Waals surface area contributed by atoms with Crippen LogP contribution in [0.15, 0.2) is 28.9 Å². The van der Waals surface area contributed by atoms with Gasteiger partial charge in [-0.3, -0.25) is 0 Å². The molecule has 3 heterocycles. The third kappa shape index (κ3) is 4.87. The van der Waals surface area contributed by atoms with E-state index in [-0.39, 0.29) is 23.7 Å². The lowest BCUT2D eigenvalue weighted by atomic mass is 10.2. The number of furan rings is 1. The van der Waals surface area contributed by atoms with E-state index in [4.69, 9.17) is 20.8 Å². The Morgan fingerprint density at radius 1 is 1.19 bits per heavy atom. The molecular weight excluding hydrogens is 454 g/mol. The number of aromatic nitrogens is 5. The first-order valence-corrected chi connectivity index (χ1v) is 12.6. The zero-order valence-electron chi connectivity index (χ0n) is 18.4. The highest BCUT2D eigenvalue weighted by Gasteiger charge is 2.37. The van der Waals surface area contributed by atoms with E-state index >= 15 is 0 Å². The maximum Gasteiger partial charge on any atom is 0.200 e. The van der Waals surface area contributed by atoms with Crippen LogP contribution < -0.4 is 0 Å². The molecule has 0 saturated heterocycles. The fourth-order valence-corrected chi connectivity index (χ4v) is 4.98. The van der Waals surface area contributed by atoms with Crippen molar-refractivity contribution < 1.29 is 17.6 Å². The Kier molecular flexibility index (Phi) is 6.37. The zero-order chi connectivity index (χ0) is 23.0. The predicted molar refractivity (Wildman–Crippen MR) is 119 cm³/mol. The number of halogens is 1. The molecule has 0 amide bonds. The van der Waals surface area contributed by atoms with Crippen molar-refractivity contribution >= 4 is 21.4 Å². The van der Waals surface area contributed by atoms with E-state index in [0.717, 1.165) is 18.6 Å². The summed E-state index contributed by atoms with van der Waals surface area (Å²) < 4.78 is 40.4. The molecule has 3 aromatic heterocycles. The number of hydrogen-bond donors (Lipinski definition) is 0. The van der Waals surface area contributed by atoms with Crippen LogP contribution in [0.1, 0.15) is 63.2 Å². The van der Waals surface area contributed by atoms with Gasteiger partial charge < -0.3 is 13.7 Å². The van der Waals surface area contributed by atoms with Crippen molar-refractivity contribution in [2.75, 3.05) is 0 Å². The van der Waals surface area contributed by atoms with Crippen LogP contribution in [0.4, 0.5) is 0 Å². The number of aryl methyl sites for hydroxylation is 1. The van der Waals surface area contributed by atoms with Crippen LogP contribution >= 0.6 is 11.6 Å². The van der Waals surface area contributed by atoms with Gasteiger partial charge in [-0.1, -0.05) is 11.6 Å². The molecule has 9 nitrogen and oxygen atoms in total. The summed E-state index contributed by atoms with van der Waals surface area (Å²) in [5.74, 6) is 2.27. The van der Waals surface area contributed by atoms with Gasteiger partial charge in [0.15, 0.2) is 27.2 Å². The van der Waals surface area contributed by atoms with Crippen molar-refractivity contribution in [2.24, 2.45) is 0 Å². The number of ether oxygens (including phenoxy) is 1. The number of nitrogens with zero attached hydrogens (tertiary/aromatic N) is 5. The summed E-state index contributed by atoms with van der Waals surface area (Å²) in [7, 11) is -3.70. The van der Waals surface area contributed by atoms with Crippen molar-refractivity contribution in [3.8, 4) is 11.6 Å². The molecular formula is C21H26ClN5O4S. The largest absolute Gasteiger partial charge is 0.458 e. The Morgan fingerprint density at radius 3 is 2.44 bits per heavy atom. The molecule has 0 bridgehead atoms. The van der Waals surface area contributed by atoms with Gasteiger partial charge in [-0.05, 0) is 52.7 Å². The standard InChI is InChI=1S/C21H26ClN5O4S/c1-12(2)30-19(20-23-9-15(22)10-24-20)14(4)32(28,29)11-18-25-26-21(27(18)16-6-7-16)17-8-5-13(3)31-17/h5,8-10,12,14,16,19H,6-7,11H2,1-4H3/t14-,19+/m0/s1. The zero-order valence-corrected chi connectivity index (χ0v) is 20.0. The summed E-state index contributed by atoms with van der Waals surface area (Å²) in [6, 6.07) is 3.84. The van der Waals surface area contributed by atoms with Gasteiger partial charge in [0.05, 0.1) is 16.4 Å². The minimum absolute atomic E-state index is 0.174. The first-order chi connectivity index (χ1) is 15.2. The van der Waals surface area contributed by atoms with Crippen LogP contribution in [0, 0.1) is 6.92 Å². The van der Waals surface area contributed by atoms with Gasteiger partial charge in [-0.25, -0.2) is 18.4 Å². The van der Waals surface area contributed by atoms with Crippen LogP contribution in [-0.2, 0) is 20.3 Å². The van der Waals surface area contributed by atoms with Gasteiger partial charge in [-0.15, -0.1) is 10.2 Å². The molecule has 172 valence electrons. The molecule has 1 aliphatic carbocycles. The third-order valence-electron chi connectivity index (χ3n) is 5.28. The Labute approximate surface area is 192 Å². The highest BCUT2D eigenvalue weighted by Crippen LogP contribution is 2.40. The van der Waals surface area contributed by atoms with Gasteiger partial charge in [0.1, 0.15) is 23.4 Å². The second-order valence-corrected chi connectivity index (χ2v) is 11.1. The van der Waals surface area contributed by atoms with Crippen LogP contribution in [0.3, 0.4) is 0 Å². The third-order valence-corrected chi connectivity index (χ3v) is 7.51. The average molecular weight is 480 g/mol. The van der Waals surface area contributed by atoms with Gasteiger partial charge in [0.2, 0.25) is 0 Å². The second-order valence-electron chi connectivity index (χ2n) is 8.33. The lowest BCUT2D eigenvalue weighted by Gasteiger charge is -2.25. The number of rotatable bonds is 9. The summed E-state index contributed by atoms with van der Waals surface area (Å²) in [5, 5.41) is 7.92. The normalized spacial score (nSPS) is 16.4. The van der Waals surface area contributed by atoms with Crippen molar-refractivity contribution in [1.82, 2.24) is 24.7 Å². The summed E-state index contributed by atoms with van der Waals surface area (Å²) in [5.41, 5.74) is 0. The second kappa shape index (κ2) is 8.92. The van der Waals surface area contributed by atoms with E-state index in [1.54, 1.807) is 6.92 Å². The molecule has 11 heteroatoms. The quantitative estimate of drug-likeness (QED) is 0.450. The van der Waals surface area contributed by atoms with Crippen molar-refractivity contribution in [3.63, 3.8) is 0 Å². The van der Waals surface area contributed by atoms with Crippen LogP contribution in [0.25, 0.3) is 11.6 Å². The van der Waals surface area contributed by atoms with Gasteiger partial charge in [0, 0.05) is 18.4 Å². The van der Waals surface area contributed by atoms with Crippen molar-refractivity contribution in [2.45, 2.75) is 69.8 Å². The smallest absolute Gasteiger partial charge is 0.200 e. The van der Waals surface area contributed by atoms with Crippen molar-refractivity contribution in [1.29, 1.82) is 0 Å². The molecule has 1 fully saturated rings. The Bertz CT molecular complexity index is 1190. The fraction of sp³-hybridized carbons (Fsp3) is 0.524. The molecule has 3 aromatic rings. The molecule has 0 aliphatic heterocycles. The average Bonchev–Trinajstić information content (AvgIpc) is 3.35. The van der Waals surface area contributed by atoms with E-state index in [0.29, 0.717) is 22.4 Å². The molecule has 32 heavy (non-hydrogen) atoms. The summed E-state index contributed by atoms with van der Waals surface area (Å²) >= 11 is 5.90. The molecule has 0 aromatic carbocycles. The van der Waals surface area contributed by atoms with Gasteiger partial charge in [0.25, 0.3) is 0 Å².